The molecule has 1 unspecified atom stereocenters. The van der Waals surface area contributed by atoms with E-state index >= 15 is 0 Å². The van der Waals surface area contributed by atoms with E-state index < -0.39 is 12.0 Å². The largest absolute Gasteiger partial charge is 0.494 e. The SMILES string of the molecule is CCCNC(CC(=O)O)C(=O)c1ccc(OCC)cc1. The number of Topliss-reactive ketones (excluding diaryl/α,β-unsaturated/α-hetero) is 1. The van der Waals surface area contributed by atoms with Crippen molar-refractivity contribution >= 4 is 11.8 Å². The highest BCUT2D eigenvalue weighted by Crippen LogP contribution is 2.14. The zero-order chi connectivity index (χ0) is 15.0. The maximum atomic E-state index is 12.3. The lowest BCUT2D eigenvalue weighted by Gasteiger charge is -2.15. The molecule has 0 aliphatic carbocycles. The highest BCUT2D eigenvalue weighted by atomic mass is 16.5. The van der Waals surface area contributed by atoms with Gasteiger partial charge in [0.2, 0.25) is 0 Å². The van der Waals surface area contributed by atoms with Crippen LogP contribution in [0.1, 0.15) is 37.0 Å². The number of benzene rings is 1. The van der Waals surface area contributed by atoms with E-state index in [0.717, 1.165) is 6.42 Å². The van der Waals surface area contributed by atoms with Crippen LogP contribution in [-0.4, -0.2) is 36.1 Å². The van der Waals surface area contributed by atoms with Gasteiger partial charge in [-0.05, 0) is 44.2 Å². The molecule has 0 aromatic heterocycles. The summed E-state index contributed by atoms with van der Waals surface area (Å²) in [6.45, 7) is 5.02. The van der Waals surface area contributed by atoms with Crippen molar-refractivity contribution in [2.75, 3.05) is 13.2 Å². The van der Waals surface area contributed by atoms with E-state index in [-0.39, 0.29) is 12.2 Å². The van der Waals surface area contributed by atoms with Crippen LogP contribution in [0.3, 0.4) is 0 Å². The molecule has 1 rings (SSSR count). The smallest absolute Gasteiger partial charge is 0.305 e. The van der Waals surface area contributed by atoms with Crippen molar-refractivity contribution < 1.29 is 19.4 Å². The number of nitrogens with one attached hydrogen (secondary N) is 1. The molecule has 0 spiro atoms. The van der Waals surface area contributed by atoms with Crippen LogP contribution in [0, 0.1) is 0 Å². The van der Waals surface area contributed by atoms with E-state index in [0.29, 0.717) is 24.5 Å². The van der Waals surface area contributed by atoms with Crippen molar-refractivity contribution in [2.45, 2.75) is 32.7 Å². The Bertz CT molecular complexity index is 442. The molecule has 0 heterocycles. The molecule has 20 heavy (non-hydrogen) atoms. The Morgan fingerprint density at radius 2 is 1.90 bits per heavy atom. The van der Waals surface area contributed by atoms with Gasteiger partial charge in [0.05, 0.1) is 19.1 Å². The lowest BCUT2D eigenvalue weighted by atomic mass is 10.0. The zero-order valence-electron chi connectivity index (χ0n) is 11.9. The van der Waals surface area contributed by atoms with E-state index in [4.69, 9.17) is 9.84 Å². The summed E-state index contributed by atoms with van der Waals surface area (Å²) in [4.78, 5) is 23.1. The van der Waals surface area contributed by atoms with Crippen molar-refractivity contribution in [3.05, 3.63) is 29.8 Å². The standard InChI is InChI=1S/C15H21NO4/c1-3-9-16-13(10-14(17)18)15(19)11-5-7-12(8-6-11)20-4-2/h5-8,13,16H,3-4,9-10H2,1-2H3,(H,17,18). The Labute approximate surface area is 118 Å². The second-order valence-corrected chi connectivity index (χ2v) is 4.43. The molecule has 110 valence electrons. The van der Waals surface area contributed by atoms with E-state index in [1.54, 1.807) is 24.3 Å². The predicted octanol–water partition coefficient (Wildman–Crippen LogP) is 2.11. The first-order valence-electron chi connectivity index (χ1n) is 6.80. The van der Waals surface area contributed by atoms with E-state index in [2.05, 4.69) is 5.32 Å². The first-order chi connectivity index (χ1) is 9.58. The summed E-state index contributed by atoms with van der Waals surface area (Å²) < 4.78 is 5.31. The molecule has 0 amide bonds. The molecule has 5 heteroatoms. The predicted molar refractivity (Wildman–Crippen MR) is 76.3 cm³/mol. The summed E-state index contributed by atoms with van der Waals surface area (Å²) in [6, 6.07) is 6.07. The fourth-order valence-corrected chi connectivity index (χ4v) is 1.83. The van der Waals surface area contributed by atoms with Gasteiger partial charge in [-0.25, -0.2) is 0 Å². The summed E-state index contributed by atoms with van der Waals surface area (Å²) in [7, 11) is 0. The molecule has 0 aliphatic heterocycles. The summed E-state index contributed by atoms with van der Waals surface area (Å²) in [6.07, 6.45) is 0.624. The molecular weight excluding hydrogens is 258 g/mol. The number of hydrogen-bond donors (Lipinski definition) is 2. The van der Waals surface area contributed by atoms with Gasteiger partial charge in [-0.1, -0.05) is 6.92 Å². The Balaban J connectivity index is 2.78. The Morgan fingerprint density at radius 3 is 2.40 bits per heavy atom. The van der Waals surface area contributed by atoms with Gasteiger partial charge in [-0.3, -0.25) is 9.59 Å². The number of carboxylic acids is 1. The normalized spacial score (nSPS) is 11.9. The van der Waals surface area contributed by atoms with Gasteiger partial charge in [-0.2, -0.15) is 0 Å². The van der Waals surface area contributed by atoms with Crippen molar-refractivity contribution in [1.82, 2.24) is 5.32 Å². The van der Waals surface area contributed by atoms with Crippen LogP contribution in [0.15, 0.2) is 24.3 Å². The molecule has 0 saturated carbocycles. The Morgan fingerprint density at radius 1 is 1.25 bits per heavy atom. The van der Waals surface area contributed by atoms with E-state index in [1.807, 2.05) is 13.8 Å². The quantitative estimate of drug-likeness (QED) is 0.677. The fourth-order valence-electron chi connectivity index (χ4n) is 1.83. The van der Waals surface area contributed by atoms with Gasteiger partial charge >= 0.3 is 5.97 Å². The Kier molecular flexibility index (Phi) is 6.73. The van der Waals surface area contributed by atoms with Crippen LogP contribution < -0.4 is 10.1 Å². The maximum Gasteiger partial charge on any atom is 0.305 e. The van der Waals surface area contributed by atoms with Gasteiger partial charge in [0.15, 0.2) is 5.78 Å². The monoisotopic (exact) mass is 279 g/mol. The average Bonchev–Trinajstić information content (AvgIpc) is 2.43. The first kappa shape index (κ1) is 16.2. The van der Waals surface area contributed by atoms with Gasteiger partial charge in [0, 0.05) is 5.56 Å². The third-order valence-corrected chi connectivity index (χ3v) is 2.79. The van der Waals surface area contributed by atoms with Gasteiger partial charge < -0.3 is 15.2 Å². The molecule has 1 aromatic rings. The number of carboxylic acid groups (broad SMARTS) is 1. The minimum atomic E-state index is -0.988. The second kappa shape index (κ2) is 8.32. The lowest BCUT2D eigenvalue weighted by molar-refractivity contribution is -0.137. The fraction of sp³-hybridized carbons (Fsp3) is 0.467. The minimum absolute atomic E-state index is 0.205. The molecule has 0 radical (unpaired) electrons. The highest BCUT2D eigenvalue weighted by Gasteiger charge is 2.22. The van der Waals surface area contributed by atoms with Gasteiger partial charge in [0.25, 0.3) is 0 Å². The highest BCUT2D eigenvalue weighted by molar-refractivity contribution is 6.01. The van der Waals surface area contributed by atoms with Crippen molar-refractivity contribution in [3.8, 4) is 5.75 Å². The number of carbonyl (C=O) groups is 2. The number of aliphatic carboxylic acids is 1. The first-order valence-corrected chi connectivity index (χ1v) is 6.80. The summed E-state index contributed by atoms with van der Waals surface area (Å²) in [5, 5.41) is 11.9. The molecule has 0 aliphatic rings. The molecule has 0 fully saturated rings. The maximum absolute atomic E-state index is 12.3. The molecule has 1 aromatic carbocycles. The van der Waals surface area contributed by atoms with Gasteiger partial charge in [-0.15, -0.1) is 0 Å². The van der Waals surface area contributed by atoms with Crippen LogP contribution in [0.2, 0.25) is 0 Å². The Hall–Kier alpha value is -1.88. The van der Waals surface area contributed by atoms with E-state index in [1.165, 1.54) is 0 Å². The third-order valence-electron chi connectivity index (χ3n) is 2.79. The number of carbonyl (C=O) groups excluding carboxylic acids is 1. The molecule has 5 nitrogen and oxygen atoms in total. The summed E-state index contributed by atoms with van der Waals surface area (Å²) in [5.74, 6) is -0.498. The summed E-state index contributed by atoms with van der Waals surface area (Å²) >= 11 is 0. The van der Waals surface area contributed by atoms with Crippen LogP contribution in [-0.2, 0) is 4.79 Å². The van der Waals surface area contributed by atoms with Crippen molar-refractivity contribution in [2.24, 2.45) is 0 Å². The number of ketones is 1. The van der Waals surface area contributed by atoms with Crippen molar-refractivity contribution in [3.63, 3.8) is 0 Å². The zero-order valence-corrected chi connectivity index (χ0v) is 11.9. The number of rotatable bonds is 9. The molecule has 1 atom stereocenters. The average molecular weight is 279 g/mol. The topological polar surface area (TPSA) is 75.6 Å². The molecule has 0 bridgehead atoms. The van der Waals surface area contributed by atoms with Crippen LogP contribution in [0.4, 0.5) is 0 Å². The molecule has 0 saturated heterocycles. The van der Waals surface area contributed by atoms with Crippen molar-refractivity contribution in [1.29, 1.82) is 0 Å². The molecular formula is C15H21NO4. The van der Waals surface area contributed by atoms with E-state index in [9.17, 15) is 9.59 Å². The van der Waals surface area contributed by atoms with Gasteiger partial charge in [0.1, 0.15) is 5.75 Å². The minimum Gasteiger partial charge on any atom is -0.494 e. The number of ether oxygens (including phenoxy) is 1. The number of hydrogen-bond acceptors (Lipinski definition) is 4. The molecule has 2 N–H and O–H groups in total. The second-order valence-electron chi connectivity index (χ2n) is 4.43. The van der Waals surface area contributed by atoms with Crippen LogP contribution in [0.5, 0.6) is 5.75 Å². The third kappa shape index (κ3) is 5.01. The summed E-state index contributed by atoms with van der Waals surface area (Å²) in [5.41, 5.74) is 0.489. The van der Waals surface area contributed by atoms with Crippen LogP contribution >= 0.6 is 0 Å². The van der Waals surface area contributed by atoms with Crippen LogP contribution in [0.25, 0.3) is 0 Å². The lowest BCUT2D eigenvalue weighted by Crippen LogP contribution is -2.39.